The first kappa shape index (κ1) is 13.6. The van der Waals surface area contributed by atoms with Crippen molar-refractivity contribution in [2.45, 2.75) is 32.6 Å². The Morgan fingerprint density at radius 1 is 1.22 bits per heavy atom. The lowest BCUT2D eigenvalue weighted by Crippen LogP contribution is -2.24. The molecule has 0 spiro atoms. The topological polar surface area (TPSA) is 23.5 Å². The van der Waals surface area contributed by atoms with Gasteiger partial charge in [-0.2, -0.15) is 0 Å². The van der Waals surface area contributed by atoms with Gasteiger partial charge in [0, 0.05) is 25.6 Å². The van der Waals surface area contributed by atoms with Crippen LogP contribution in [0.25, 0.3) is 0 Å². The van der Waals surface area contributed by atoms with Crippen LogP contribution in [-0.2, 0) is 0 Å². The van der Waals surface area contributed by atoms with Crippen LogP contribution in [0.15, 0.2) is 30.3 Å². The van der Waals surface area contributed by atoms with Crippen molar-refractivity contribution < 1.29 is 5.11 Å². The molecular weight excluding hydrogens is 222 g/mol. The minimum Gasteiger partial charge on any atom is -0.396 e. The molecule has 1 atom stereocenters. The SMILES string of the molecule is CC1(C)CN(CCCCO)CC1c1ccccc1. The number of likely N-dealkylation sites (tertiary alicyclic amines) is 1. The lowest BCUT2D eigenvalue weighted by molar-refractivity contribution is 0.252. The molecule has 1 unspecified atom stereocenters. The molecule has 2 nitrogen and oxygen atoms in total. The van der Waals surface area contributed by atoms with E-state index in [1.807, 2.05) is 0 Å². The summed E-state index contributed by atoms with van der Waals surface area (Å²) in [5.74, 6) is 0.632. The zero-order valence-corrected chi connectivity index (χ0v) is 11.6. The van der Waals surface area contributed by atoms with E-state index >= 15 is 0 Å². The summed E-state index contributed by atoms with van der Waals surface area (Å²) in [6, 6.07) is 10.9. The van der Waals surface area contributed by atoms with Gasteiger partial charge in [0.2, 0.25) is 0 Å². The van der Waals surface area contributed by atoms with E-state index in [0.717, 1.165) is 32.5 Å². The van der Waals surface area contributed by atoms with Crippen LogP contribution >= 0.6 is 0 Å². The summed E-state index contributed by atoms with van der Waals surface area (Å²) < 4.78 is 0. The van der Waals surface area contributed by atoms with Gasteiger partial charge in [0.1, 0.15) is 0 Å². The van der Waals surface area contributed by atoms with Crippen molar-refractivity contribution in [3.8, 4) is 0 Å². The standard InChI is InChI=1S/C16H25NO/c1-16(2)13-17(10-6-7-11-18)12-15(16)14-8-4-3-5-9-14/h3-5,8-9,15,18H,6-7,10-13H2,1-2H3. The zero-order chi connectivity index (χ0) is 13.0. The van der Waals surface area contributed by atoms with Gasteiger partial charge < -0.3 is 10.0 Å². The fourth-order valence-electron chi connectivity index (χ4n) is 3.12. The fraction of sp³-hybridized carbons (Fsp3) is 0.625. The molecule has 0 amide bonds. The number of benzene rings is 1. The van der Waals surface area contributed by atoms with E-state index in [1.54, 1.807) is 0 Å². The van der Waals surface area contributed by atoms with Gasteiger partial charge in [-0.3, -0.25) is 0 Å². The third-order valence-electron chi connectivity index (χ3n) is 4.10. The molecule has 0 saturated carbocycles. The van der Waals surface area contributed by atoms with Gasteiger partial charge in [0.15, 0.2) is 0 Å². The van der Waals surface area contributed by atoms with Crippen LogP contribution in [0.4, 0.5) is 0 Å². The van der Waals surface area contributed by atoms with E-state index in [9.17, 15) is 0 Å². The molecule has 0 aromatic heterocycles. The maximum Gasteiger partial charge on any atom is 0.0431 e. The first-order valence-electron chi connectivity index (χ1n) is 7.01. The fourth-order valence-corrected chi connectivity index (χ4v) is 3.12. The van der Waals surface area contributed by atoms with Gasteiger partial charge in [-0.15, -0.1) is 0 Å². The smallest absolute Gasteiger partial charge is 0.0431 e. The summed E-state index contributed by atoms with van der Waals surface area (Å²) in [6.45, 7) is 8.50. The third-order valence-corrected chi connectivity index (χ3v) is 4.10. The lowest BCUT2D eigenvalue weighted by Gasteiger charge is -2.26. The van der Waals surface area contributed by atoms with Gasteiger partial charge in [0.25, 0.3) is 0 Å². The molecule has 1 aromatic rings. The Balaban J connectivity index is 2.00. The van der Waals surface area contributed by atoms with Gasteiger partial charge >= 0.3 is 0 Å². The van der Waals surface area contributed by atoms with Crippen LogP contribution in [0, 0.1) is 5.41 Å². The molecule has 1 fully saturated rings. The van der Waals surface area contributed by atoms with Gasteiger partial charge in [0.05, 0.1) is 0 Å². The molecule has 1 aliphatic heterocycles. The normalized spacial score (nSPS) is 23.4. The summed E-state index contributed by atoms with van der Waals surface area (Å²) in [5, 5.41) is 8.85. The molecule has 100 valence electrons. The Hall–Kier alpha value is -0.860. The second-order valence-corrected chi connectivity index (χ2v) is 6.12. The number of aliphatic hydroxyl groups is 1. The van der Waals surface area contributed by atoms with E-state index in [4.69, 9.17) is 5.11 Å². The maximum absolute atomic E-state index is 8.85. The first-order chi connectivity index (χ1) is 8.63. The van der Waals surface area contributed by atoms with Gasteiger partial charge in [-0.25, -0.2) is 0 Å². The first-order valence-corrected chi connectivity index (χ1v) is 7.01. The molecule has 2 rings (SSSR count). The molecule has 1 heterocycles. The van der Waals surface area contributed by atoms with E-state index < -0.39 is 0 Å². The van der Waals surface area contributed by atoms with Crippen molar-refractivity contribution in [1.82, 2.24) is 4.90 Å². The van der Waals surface area contributed by atoms with Crippen LogP contribution in [0.3, 0.4) is 0 Å². The molecular formula is C16H25NO. The quantitative estimate of drug-likeness (QED) is 0.809. The molecule has 1 N–H and O–H groups in total. The van der Waals surface area contributed by atoms with Crippen molar-refractivity contribution in [1.29, 1.82) is 0 Å². The average molecular weight is 247 g/mol. The molecule has 18 heavy (non-hydrogen) atoms. The summed E-state index contributed by atoms with van der Waals surface area (Å²) in [4.78, 5) is 2.55. The van der Waals surface area contributed by atoms with Crippen LogP contribution in [0.1, 0.15) is 38.2 Å². The number of rotatable bonds is 5. The predicted molar refractivity (Wildman–Crippen MR) is 75.7 cm³/mol. The van der Waals surface area contributed by atoms with Crippen LogP contribution < -0.4 is 0 Å². The van der Waals surface area contributed by atoms with Gasteiger partial charge in [-0.05, 0) is 30.4 Å². The molecule has 0 radical (unpaired) electrons. The molecule has 1 aliphatic rings. The number of hydrogen-bond acceptors (Lipinski definition) is 2. The largest absolute Gasteiger partial charge is 0.396 e. The second-order valence-electron chi connectivity index (χ2n) is 6.12. The monoisotopic (exact) mass is 247 g/mol. The van der Waals surface area contributed by atoms with E-state index in [2.05, 4.69) is 49.1 Å². The molecule has 0 bridgehead atoms. The average Bonchev–Trinajstić information content (AvgIpc) is 2.66. The summed E-state index contributed by atoms with van der Waals surface area (Å²) in [7, 11) is 0. The molecule has 1 aromatic carbocycles. The van der Waals surface area contributed by atoms with E-state index in [0.29, 0.717) is 17.9 Å². The summed E-state index contributed by atoms with van der Waals surface area (Å²) in [6.07, 6.45) is 2.03. The third kappa shape index (κ3) is 3.12. The Kier molecular flexibility index (Phi) is 4.41. The molecule has 1 saturated heterocycles. The summed E-state index contributed by atoms with van der Waals surface area (Å²) in [5.41, 5.74) is 1.81. The lowest BCUT2D eigenvalue weighted by atomic mass is 9.78. The highest BCUT2D eigenvalue weighted by Gasteiger charge is 2.39. The highest BCUT2D eigenvalue weighted by molar-refractivity contribution is 5.24. The van der Waals surface area contributed by atoms with E-state index in [-0.39, 0.29) is 0 Å². The predicted octanol–water partition coefficient (Wildman–Crippen LogP) is 2.88. The molecule has 0 aliphatic carbocycles. The van der Waals surface area contributed by atoms with E-state index in [1.165, 1.54) is 5.56 Å². The van der Waals surface area contributed by atoms with Crippen molar-refractivity contribution in [3.63, 3.8) is 0 Å². The van der Waals surface area contributed by atoms with Crippen molar-refractivity contribution in [2.75, 3.05) is 26.2 Å². The Labute approximate surface area is 111 Å². The Morgan fingerprint density at radius 3 is 2.61 bits per heavy atom. The summed E-state index contributed by atoms with van der Waals surface area (Å²) >= 11 is 0. The maximum atomic E-state index is 8.85. The van der Waals surface area contributed by atoms with Crippen molar-refractivity contribution in [3.05, 3.63) is 35.9 Å². The number of unbranched alkanes of at least 4 members (excludes halogenated alkanes) is 1. The van der Waals surface area contributed by atoms with Crippen LogP contribution in [-0.4, -0.2) is 36.2 Å². The minimum absolute atomic E-state index is 0.319. The number of nitrogens with zero attached hydrogens (tertiary/aromatic N) is 1. The zero-order valence-electron chi connectivity index (χ0n) is 11.6. The highest BCUT2D eigenvalue weighted by atomic mass is 16.2. The minimum atomic E-state index is 0.319. The van der Waals surface area contributed by atoms with Crippen LogP contribution in [0.5, 0.6) is 0 Å². The number of aliphatic hydroxyl groups excluding tert-OH is 1. The van der Waals surface area contributed by atoms with Gasteiger partial charge in [-0.1, -0.05) is 44.2 Å². The highest BCUT2D eigenvalue weighted by Crippen LogP contribution is 2.42. The molecule has 2 heteroatoms. The van der Waals surface area contributed by atoms with Crippen molar-refractivity contribution in [2.24, 2.45) is 5.41 Å². The van der Waals surface area contributed by atoms with Crippen molar-refractivity contribution >= 4 is 0 Å². The van der Waals surface area contributed by atoms with Crippen LogP contribution in [0.2, 0.25) is 0 Å². The second kappa shape index (κ2) is 5.85. The Morgan fingerprint density at radius 2 is 1.94 bits per heavy atom. The number of hydrogen-bond donors (Lipinski definition) is 1. The Bertz CT molecular complexity index is 361.